The SMILES string of the molecule is Cc1cc(Cl)c(C(=O)C2(O)CCC(CC(C)NC(=O)O)CC2)cn1. The van der Waals surface area contributed by atoms with Crippen LogP contribution in [0.25, 0.3) is 0 Å². The van der Waals surface area contributed by atoms with Gasteiger partial charge in [0.25, 0.3) is 0 Å². The highest BCUT2D eigenvalue weighted by Gasteiger charge is 2.41. The summed E-state index contributed by atoms with van der Waals surface area (Å²) in [5, 5.41) is 22.2. The third kappa shape index (κ3) is 4.45. The van der Waals surface area contributed by atoms with Gasteiger partial charge in [-0.2, -0.15) is 0 Å². The highest BCUT2D eigenvalue weighted by molar-refractivity contribution is 6.34. The van der Waals surface area contributed by atoms with Crippen LogP contribution >= 0.6 is 11.6 Å². The zero-order valence-corrected chi connectivity index (χ0v) is 14.6. The molecule has 2 rings (SSSR count). The predicted octanol–water partition coefficient (Wildman–Crippen LogP) is 3.19. The molecule has 1 aromatic heterocycles. The zero-order chi connectivity index (χ0) is 17.9. The van der Waals surface area contributed by atoms with Crippen LogP contribution in [0, 0.1) is 12.8 Å². The summed E-state index contributed by atoms with van der Waals surface area (Å²) in [6, 6.07) is 1.47. The molecule has 1 aromatic rings. The van der Waals surface area contributed by atoms with Crippen molar-refractivity contribution in [3.8, 4) is 0 Å². The fourth-order valence-corrected chi connectivity index (χ4v) is 3.62. The minimum atomic E-state index is -1.42. The van der Waals surface area contributed by atoms with Crippen molar-refractivity contribution >= 4 is 23.5 Å². The first-order valence-corrected chi connectivity index (χ1v) is 8.48. The Bertz CT molecular complexity index is 627. The summed E-state index contributed by atoms with van der Waals surface area (Å²) >= 11 is 6.12. The number of nitrogens with zero attached hydrogens (tertiary/aromatic N) is 1. The fourth-order valence-electron chi connectivity index (χ4n) is 3.33. The van der Waals surface area contributed by atoms with E-state index in [4.69, 9.17) is 16.7 Å². The number of halogens is 1. The lowest BCUT2D eigenvalue weighted by Crippen LogP contribution is -2.43. The van der Waals surface area contributed by atoms with E-state index in [0.29, 0.717) is 42.8 Å². The van der Waals surface area contributed by atoms with Crippen molar-refractivity contribution < 1.29 is 19.8 Å². The molecule has 132 valence electrons. The zero-order valence-electron chi connectivity index (χ0n) is 13.9. The van der Waals surface area contributed by atoms with Gasteiger partial charge >= 0.3 is 6.09 Å². The number of aryl methyl sites for hydroxylation is 1. The van der Waals surface area contributed by atoms with Crippen LogP contribution < -0.4 is 5.32 Å². The Kier molecular flexibility index (Phi) is 5.83. The third-order valence-corrected chi connectivity index (χ3v) is 4.96. The average molecular weight is 355 g/mol. The van der Waals surface area contributed by atoms with Crippen molar-refractivity contribution in [3.63, 3.8) is 0 Å². The Morgan fingerprint density at radius 2 is 2.08 bits per heavy atom. The number of Topliss-reactive ketones (excluding diaryl/α,β-unsaturated/α-hetero) is 1. The van der Waals surface area contributed by atoms with Crippen LogP contribution in [0.3, 0.4) is 0 Å². The van der Waals surface area contributed by atoms with Gasteiger partial charge in [0.15, 0.2) is 5.78 Å². The Labute approximate surface area is 146 Å². The van der Waals surface area contributed by atoms with Crippen molar-refractivity contribution in [2.75, 3.05) is 0 Å². The normalized spacial score (nSPS) is 25.1. The smallest absolute Gasteiger partial charge is 0.404 e. The molecular weight excluding hydrogens is 332 g/mol. The number of hydrogen-bond donors (Lipinski definition) is 3. The molecule has 0 bridgehead atoms. The number of aromatic nitrogens is 1. The van der Waals surface area contributed by atoms with E-state index in [1.165, 1.54) is 6.20 Å². The fraction of sp³-hybridized carbons (Fsp3) is 0.588. The first kappa shape index (κ1) is 18.7. The summed E-state index contributed by atoms with van der Waals surface area (Å²) in [5.74, 6) is -0.0956. The van der Waals surface area contributed by atoms with E-state index in [0.717, 1.165) is 0 Å². The number of carbonyl (C=O) groups excluding carboxylic acids is 1. The van der Waals surface area contributed by atoms with Crippen LogP contribution in [0.2, 0.25) is 5.02 Å². The highest BCUT2D eigenvalue weighted by atomic mass is 35.5. The van der Waals surface area contributed by atoms with Gasteiger partial charge in [-0.05, 0) is 57.9 Å². The lowest BCUT2D eigenvalue weighted by Gasteiger charge is -2.35. The van der Waals surface area contributed by atoms with Crippen LogP contribution in [0.5, 0.6) is 0 Å². The lowest BCUT2D eigenvalue weighted by molar-refractivity contribution is 0.00133. The summed E-state index contributed by atoms with van der Waals surface area (Å²) in [6.45, 7) is 3.60. The molecule has 1 aliphatic carbocycles. The van der Waals surface area contributed by atoms with Crippen molar-refractivity contribution in [2.45, 2.75) is 57.6 Å². The van der Waals surface area contributed by atoms with E-state index >= 15 is 0 Å². The van der Waals surface area contributed by atoms with Gasteiger partial charge in [0, 0.05) is 17.9 Å². The second-order valence-corrected chi connectivity index (χ2v) is 7.10. The molecular formula is C17H23ClN2O4. The minimum Gasteiger partial charge on any atom is -0.465 e. The van der Waals surface area contributed by atoms with Crippen molar-refractivity contribution in [1.29, 1.82) is 0 Å². The molecule has 6 nitrogen and oxygen atoms in total. The number of nitrogens with one attached hydrogen (secondary N) is 1. The maximum Gasteiger partial charge on any atom is 0.404 e. The van der Waals surface area contributed by atoms with E-state index in [-0.39, 0.29) is 23.3 Å². The minimum absolute atomic E-state index is 0.148. The van der Waals surface area contributed by atoms with Crippen LogP contribution in [0.4, 0.5) is 4.79 Å². The molecule has 1 amide bonds. The molecule has 1 heterocycles. The quantitative estimate of drug-likeness (QED) is 0.705. The van der Waals surface area contributed by atoms with Gasteiger partial charge in [0.05, 0.1) is 10.6 Å². The molecule has 0 aliphatic heterocycles. The summed E-state index contributed by atoms with van der Waals surface area (Å²) in [4.78, 5) is 27.4. The van der Waals surface area contributed by atoms with Crippen molar-refractivity contribution in [3.05, 3.63) is 28.5 Å². The number of carboxylic acid groups (broad SMARTS) is 1. The number of pyridine rings is 1. The second-order valence-electron chi connectivity index (χ2n) is 6.70. The molecule has 0 aromatic carbocycles. The Hall–Kier alpha value is -1.66. The number of amides is 1. The first-order valence-electron chi connectivity index (χ1n) is 8.10. The number of hydrogen-bond acceptors (Lipinski definition) is 4. The number of rotatable bonds is 5. The third-order valence-electron chi connectivity index (χ3n) is 4.65. The van der Waals surface area contributed by atoms with Gasteiger partial charge in [-0.1, -0.05) is 11.6 Å². The molecule has 7 heteroatoms. The Morgan fingerprint density at radius 1 is 1.46 bits per heavy atom. The van der Waals surface area contributed by atoms with E-state index in [1.54, 1.807) is 13.0 Å². The van der Waals surface area contributed by atoms with Crippen molar-refractivity contribution in [2.24, 2.45) is 5.92 Å². The molecule has 3 N–H and O–H groups in total. The average Bonchev–Trinajstić information content (AvgIpc) is 2.48. The summed E-state index contributed by atoms with van der Waals surface area (Å²) in [7, 11) is 0. The first-order chi connectivity index (χ1) is 11.2. The van der Waals surface area contributed by atoms with Crippen LogP contribution in [0.1, 0.15) is 55.1 Å². The topological polar surface area (TPSA) is 99.5 Å². The van der Waals surface area contributed by atoms with E-state index < -0.39 is 11.7 Å². The predicted molar refractivity (Wildman–Crippen MR) is 90.5 cm³/mol. The second kappa shape index (κ2) is 7.49. The van der Waals surface area contributed by atoms with Gasteiger partial charge in [0.2, 0.25) is 0 Å². The van der Waals surface area contributed by atoms with E-state index in [2.05, 4.69) is 10.3 Å². The standard InChI is InChI=1S/C17H23ClN2O4/c1-10-8-14(18)13(9-19-10)15(21)17(24)5-3-12(4-6-17)7-11(2)20-16(22)23/h8-9,11-12,20,24H,3-7H2,1-2H3,(H,22,23). The number of carbonyl (C=O) groups is 2. The molecule has 24 heavy (non-hydrogen) atoms. The van der Waals surface area contributed by atoms with Crippen LogP contribution in [-0.4, -0.2) is 38.7 Å². The molecule has 0 saturated heterocycles. The number of ketones is 1. The van der Waals surface area contributed by atoms with E-state index in [9.17, 15) is 14.7 Å². The largest absolute Gasteiger partial charge is 0.465 e. The maximum absolute atomic E-state index is 12.7. The monoisotopic (exact) mass is 354 g/mol. The molecule has 1 unspecified atom stereocenters. The lowest BCUT2D eigenvalue weighted by atomic mass is 9.73. The van der Waals surface area contributed by atoms with Gasteiger partial charge in [-0.3, -0.25) is 9.78 Å². The molecule has 1 atom stereocenters. The maximum atomic E-state index is 12.7. The van der Waals surface area contributed by atoms with E-state index in [1.807, 2.05) is 6.92 Å². The summed E-state index contributed by atoms with van der Waals surface area (Å²) in [6.07, 6.45) is 3.12. The van der Waals surface area contributed by atoms with Crippen molar-refractivity contribution in [1.82, 2.24) is 10.3 Å². The van der Waals surface area contributed by atoms with Gasteiger partial charge < -0.3 is 15.5 Å². The molecule has 0 radical (unpaired) electrons. The molecule has 0 spiro atoms. The molecule has 1 aliphatic rings. The Balaban J connectivity index is 1.98. The van der Waals surface area contributed by atoms with Gasteiger partial charge in [-0.25, -0.2) is 4.79 Å². The Morgan fingerprint density at radius 3 is 2.62 bits per heavy atom. The molecule has 1 fully saturated rings. The summed E-state index contributed by atoms with van der Waals surface area (Å²) in [5.41, 5.74) is -0.447. The number of aliphatic hydroxyl groups is 1. The molecule has 1 saturated carbocycles. The highest BCUT2D eigenvalue weighted by Crippen LogP contribution is 2.37. The van der Waals surface area contributed by atoms with Crippen LogP contribution in [-0.2, 0) is 0 Å². The van der Waals surface area contributed by atoms with Gasteiger partial charge in [-0.15, -0.1) is 0 Å². The van der Waals surface area contributed by atoms with Crippen LogP contribution in [0.15, 0.2) is 12.3 Å². The van der Waals surface area contributed by atoms with Gasteiger partial charge in [0.1, 0.15) is 5.60 Å². The summed E-state index contributed by atoms with van der Waals surface area (Å²) < 4.78 is 0.